The number of rotatable bonds is 7. The van der Waals surface area contributed by atoms with Gasteiger partial charge in [0, 0.05) is 6.07 Å². The number of benzene rings is 2. The first-order valence-corrected chi connectivity index (χ1v) is 7.53. The Labute approximate surface area is 148 Å². The Bertz CT molecular complexity index is 858. The zero-order valence-electron chi connectivity index (χ0n) is 14.1. The van der Waals surface area contributed by atoms with Crippen LogP contribution in [0, 0.1) is 34.1 Å². The highest BCUT2D eigenvalue weighted by molar-refractivity contribution is 5.62. The van der Waals surface area contributed by atoms with Gasteiger partial charge in [0.1, 0.15) is 12.4 Å². The second kappa shape index (κ2) is 8.12. The van der Waals surface area contributed by atoms with E-state index in [1.165, 1.54) is 6.07 Å². The van der Waals surface area contributed by atoms with E-state index in [0.717, 1.165) is 23.3 Å². The quantitative estimate of drug-likeness (QED) is 0.451. The van der Waals surface area contributed by atoms with Crippen LogP contribution in [0.15, 0.2) is 40.6 Å². The van der Waals surface area contributed by atoms with E-state index in [9.17, 15) is 20.2 Å². The van der Waals surface area contributed by atoms with Gasteiger partial charge in [0.25, 0.3) is 5.69 Å². The maximum atomic E-state index is 11.1. The lowest BCUT2D eigenvalue weighted by Crippen LogP contribution is -2.04. The number of azo groups is 1. The monoisotopic (exact) mass is 360 g/mol. The molecular formula is C16H16N4O6. The summed E-state index contributed by atoms with van der Waals surface area (Å²) in [6, 6.07) is 6.51. The molecule has 1 N–H and O–H groups in total. The Morgan fingerprint density at radius 1 is 1.04 bits per heavy atom. The summed E-state index contributed by atoms with van der Waals surface area (Å²) >= 11 is 0. The molecule has 10 nitrogen and oxygen atoms in total. The summed E-state index contributed by atoms with van der Waals surface area (Å²) in [5, 5.41) is 38.5. The van der Waals surface area contributed by atoms with Gasteiger partial charge in [-0.3, -0.25) is 20.2 Å². The molecule has 0 radical (unpaired) electrons. The van der Waals surface area contributed by atoms with Crippen LogP contribution in [0.2, 0.25) is 0 Å². The maximum absolute atomic E-state index is 11.1. The summed E-state index contributed by atoms with van der Waals surface area (Å²) < 4.78 is 5.45. The molecule has 0 aromatic heterocycles. The highest BCUT2D eigenvalue weighted by atomic mass is 16.6. The van der Waals surface area contributed by atoms with Gasteiger partial charge in [-0.25, -0.2) is 0 Å². The van der Waals surface area contributed by atoms with Crippen molar-refractivity contribution in [3.05, 3.63) is 61.7 Å². The van der Waals surface area contributed by atoms with Gasteiger partial charge >= 0.3 is 5.69 Å². The molecule has 0 amide bonds. The van der Waals surface area contributed by atoms with Crippen molar-refractivity contribution < 1.29 is 19.7 Å². The van der Waals surface area contributed by atoms with Gasteiger partial charge in [-0.15, -0.1) is 5.11 Å². The van der Waals surface area contributed by atoms with Crippen molar-refractivity contribution in [2.45, 2.75) is 13.8 Å². The third kappa shape index (κ3) is 4.36. The van der Waals surface area contributed by atoms with Gasteiger partial charge in [0.05, 0.1) is 28.2 Å². The lowest BCUT2D eigenvalue weighted by atomic mass is 10.1. The average molecular weight is 360 g/mol. The molecule has 0 aliphatic rings. The van der Waals surface area contributed by atoms with E-state index in [2.05, 4.69) is 10.2 Å². The van der Waals surface area contributed by atoms with Gasteiger partial charge in [-0.2, -0.15) is 5.11 Å². The maximum Gasteiger partial charge on any atom is 0.303 e. The van der Waals surface area contributed by atoms with Crippen LogP contribution in [-0.4, -0.2) is 28.2 Å². The van der Waals surface area contributed by atoms with E-state index >= 15 is 0 Å². The van der Waals surface area contributed by atoms with Crippen molar-refractivity contribution >= 4 is 22.7 Å². The molecule has 0 unspecified atom stereocenters. The number of aliphatic hydroxyl groups excluding tert-OH is 1. The van der Waals surface area contributed by atoms with Crippen LogP contribution >= 0.6 is 0 Å². The summed E-state index contributed by atoms with van der Waals surface area (Å²) in [4.78, 5) is 20.4. The second-order valence-electron chi connectivity index (χ2n) is 5.37. The molecule has 0 saturated carbocycles. The summed E-state index contributed by atoms with van der Waals surface area (Å²) in [6.45, 7) is 3.65. The number of nitro groups is 2. The number of aryl methyl sites for hydroxylation is 2. The Morgan fingerprint density at radius 2 is 1.69 bits per heavy atom. The molecule has 0 spiro atoms. The largest absolute Gasteiger partial charge is 0.491 e. The van der Waals surface area contributed by atoms with Crippen LogP contribution in [0.25, 0.3) is 0 Å². The van der Waals surface area contributed by atoms with E-state index in [0.29, 0.717) is 11.4 Å². The minimum absolute atomic E-state index is 0.0866. The van der Waals surface area contributed by atoms with Crippen molar-refractivity contribution in [1.82, 2.24) is 0 Å². The molecule has 0 aliphatic heterocycles. The van der Waals surface area contributed by atoms with E-state index < -0.39 is 21.2 Å². The standard InChI is InChI=1S/C16H16N4O6/c1-10-7-12(8-11(2)16(10)26-6-5-21)17-18-14-4-3-13(19(22)23)9-15(14)20(24)25/h3-4,7-9,21H,5-6H2,1-2H3. The van der Waals surface area contributed by atoms with E-state index in [-0.39, 0.29) is 18.9 Å². The van der Waals surface area contributed by atoms with Gasteiger partial charge in [0.2, 0.25) is 0 Å². The zero-order valence-corrected chi connectivity index (χ0v) is 14.1. The topological polar surface area (TPSA) is 140 Å². The van der Waals surface area contributed by atoms with Crippen LogP contribution in [0.4, 0.5) is 22.7 Å². The summed E-state index contributed by atoms with van der Waals surface area (Å²) in [5.41, 5.74) is 1.00. The molecule has 0 heterocycles. The Morgan fingerprint density at radius 3 is 2.23 bits per heavy atom. The number of nitrogens with zero attached hydrogens (tertiary/aromatic N) is 4. The molecule has 0 atom stereocenters. The molecule has 2 aromatic rings. The molecule has 2 aromatic carbocycles. The third-order valence-corrected chi connectivity index (χ3v) is 3.42. The molecular weight excluding hydrogens is 344 g/mol. The molecule has 136 valence electrons. The fourth-order valence-electron chi connectivity index (χ4n) is 2.33. The normalized spacial score (nSPS) is 10.9. The van der Waals surface area contributed by atoms with Gasteiger partial charge in [-0.1, -0.05) is 0 Å². The zero-order chi connectivity index (χ0) is 19.3. The number of aliphatic hydroxyl groups is 1. The first-order valence-electron chi connectivity index (χ1n) is 7.53. The van der Waals surface area contributed by atoms with Crippen LogP contribution < -0.4 is 4.74 Å². The van der Waals surface area contributed by atoms with Gasteiger partial charge in [0.15, 0.2) is 5.69 Å². The van der Waals surface area contributed by atoms with Crippen molar-refractivity contribution in [2.24, 2.45) is 10.2 Å². The highest BCUT2D eigenvalue weighted by Crippen LogP contribution is 2.34. The van der Waals surface area contributed by atoms with E-state index in [1.807, 2.05) is 0 Å². The highest BCUT2D eigenvalue weighted by Gasteiger charge is 2.19. The lowest BCUT2D eigenvalue weighted by Gasteiger charge is -2.11. The van der Waals surface area contributed by atoms with Crippen molar-refractivity contribution in [1.29, 1.82) is 0 Å². The van der Waals surface area contributed by atoms with E-state index in [4.69, 9.17) is 9.84 Å². The second-order valence-corrected chi connectivity index (χ2v) is 5.37. The van der Waals surface area contributed by atoms with Crippen molar-refractivity contribution in [3.63, 3.8) is 0 Å². The van der Waals surface area contributed by atoms with Crippen molar-refractivity contribution in [3.8, 4) is 5.75 Å². The first kappa shape index (κ1) is 18.9. The SMILES string of the molecule is Cc1cc(N=Nc2ccc([N+](=O)[O-])cc2[N+](=O)[O-])cc(C)c1OCCO. The van der Waals surface area contributed by atoms with Crippen LogP contribution in [0.1, 0.15) is 11.1 Å². The third-order valence-electron chi connectivity index (χ3n) is 3.42. The van der Waals surface area contributed by atoms with Crippen LogP contribution in [-0.2, 0) is 0 Å². The number of nitro benzene ring substituents is 2. The molecule has 0 fully saturated rings. The molecule has 10 heteroatoms. The first-order chi connectivity index (χ1) is 12.3. The van der Waals surface area contributed by atoms with Crippen LogP contribution in [0.3, 0.4) is 0 Å². The van der Waals surface area contributed by atoms with E-state index in [1.54, 1.807) is 26.0 Å². The summed E-state index contributed by atoms with van der Waals surface area (Å²) in [5.74, 6) is 0.624. The van der Waals surface area contributed by atoms with Crippen LogP contribution in [0.5, 0.6) is 5.75 Å². The fourth-order valence-corrected chi connectivity index (χ4v) is 2.33. The molecule has 26 heavy (non-hydrogen) atoms. The minimum atomic E-state index is -0.746. The van der Waals surface area contributed by atoms with Gasteiger partial charge < -0.3 is 9.84 Å². The molecule has 0 bridgehead atoms. The predicted molar refractivity (Wildman–Crippen MR) is 92.4 cm³/mol. The smallest absolute Gasteiger partial charge is 0.303 e. The number of hydrogen-bond acceptors (Lipinski definition) is 8. The summed E-state index contributed by atoms with van der Waals surface area (Å²) in [6.07, 6.45) is 0. The Balaban J connectivity index is 2.35. The summed E-state index contributed by atoms with van der Waals surface area (Å²) in [7, 11) is 0. The number of ether oxygens (including phenoxy) is 1. The number of non-ortho nitro benzene ring substituents is 1. The Kier molecular flexibility index (Phi) is 5.91. The average Bonchev–Trinajstić information content (AvgIpc) is 2.59. The lowest BCUT2D eigenvalue weighted by molar-refractivity contribution is -0.393. The minimum Gasteiger partial charge on any atom is -0.491 e. The predicted octanol–water partition coefficient (Wildman–Crippen LogP) is 3.91. The fraction of sp³-hybridized carbons (Fsp3) is 0.250. The van der Waals surface area contributed by atoms with Crippen molar-refractivity contribution in [2.75, 3.05) is 13.2 Å². The molecule has 2 rings (SSSR count). The Hall–Kier alpha value is -3.40. The molecule has 0 aliphatic carbocycles. The molecule has 0 saturated heterocycles. The number of hydrogen-bond donors (Lipinski definition) is 1. The van der Waals surface area contributed by atoms with Gasteiger partial charge in [-0.05, 0) is 43.2 Å².